The van der Waals surface area contributed by atoms with Gasteiger partial charge < -0.3 is 10.1 Å². The van der Waals surface area contributed by atoms with Crippen molar-refractivity contribution >= 4 is 17.2 Å². The Morgan fingerprint density at radius 1 is 1.14 bits per heavy atom. The minimum Gasteiger partial charge on any atom is -0.494 e. The maximum atomic E-state index is 13.3. The van der Waals surface area contributed by atoms with Gasteiger partial charge in [-0.25, -0.2) is 4.39 Å². The van der Waals surface area contributed by atoms with E-state index in [1.165, 1.54) is 12.1 Å². The van der Waals surface area contributed by atoms with Crippen LogP contribution in [0.25, 0.3) is 0 Å². The van der Waals surface area contributed by atoms with Gasteiger partial charge in [0.05, 0.1) is 19.2 Å². The SMILES string of the molecule is CCOc1ccc(CN(C)CC(=O)N[C@@H](c2ccc(F)cc2)c2cccs2)cc1. The number of benzene rings is 2. The van der Waals surface area contributed by atoms with Gasteiger partial charge in [0.15, 0.2) is 0 Å². The van der Waals surface area contributed by atoms with E-state index in [1.807, 2.05) is 60.6 Å². The first-order valence-corrected chi connectivity index (χ1v) is 10.4. The molecule has 0 aliphatic carbocycles. The fourth-order valence-corrected chi connectivity index (χ4v) is 3.91. The van der Waals surface area contributed by atoms with Crippen molar-refractivity contribution < 1.29 is 13.9 Å². The van der Waals surface area contributed by atoms with Gasteiger partial charge in [-0.05, 0) is 60.8 Å². The molecule has 0 unspecified atom stereocenters. The number of ether oxygens (including phenoxy) is 1. The summed E-state index contributed by atoms with van der Waals surface area (Å²) in [4.78, 5) is 15.7. The monoisotopic (exact) mass is 412 g/mol. The van der Waals surface area contributed by atoms with Crippen molar-refractivity contribution in [3.63, 3.8) is 0 Å². The highest BCUT2D eigenvalue weighted by Crippen LogP contribution is 2.26. The van der Waals surface area contributed by atoms with Crippen molar-refractivity contribution in [3.05, 3.63) is 87.9 Å². The Morgan fingerprint density at radius 2 is 1.86 bits per heavy atom. The van der Waals surface area contributed by atoms with Crippen LogP contribution >= 0.6 is 11.3 Å². The highest BCUT2D eigenvalue weighted by atomic mass is 32.1. The summed E-state index contributed by atoms with van der Waals surface area (Å²) in [6, 6.07) is 17.8. The third-order valence-corrected chi connectivity index (χ3v) is 5.37. The molecule has 3 rings (SSSR count). The van der Waals surface area contributed by atoms with Gasteiger partial charge in [0, 0.05) is 11.4 Å². The average molecular weight is 413 g/mol. The van der Waals surface area contributed by atoms with E-state index < -0.39 is 0 Å². The van der Waals surface area contributed by atoms with Gasteiger partial charge in [-0.15, -0.1) is 11.3 Å². The van der Waals surface area contributed by atoms with Gasteiger partial charge in [0.25, 0.3) is 0 Å². The lowest BCUT2D eigenvalue weighted by molar-refractivity contribution is -0.122. The van der Waals surface area contributed by atoms with E-state index in [9.17, 15) is 9.18 Å². The Bertz CT molecular complexity index is 896. The first-order valence-electron chi connectivity index (χ1n) is 9.53. The third-order valence-electron chi connectivity index (χ3n) is 4.44. The van der Waals surface area contributed by atoms with Gasteiger partial charge in [-0.3, -0.25) is 9.69 Å². The number of hydrogen-bond acceptors (Lipinski definition) is 4. The summed E-state index contributed by atoms with van der Waals surface area (Å²) in [6.07, 6.45) is 0. The Balaban J connectivity index is 1.61. The molecule has 29 heavy (non-hydrogen) atoms. The van der Waals surface area contributed by atoms with Crippen molar-refractivity contribution in [2.45, 2.75) is 19.5 Å². The summed E-state index contributed by atoms with van der Waals surface area (Å²) < 4.78 is 18.8. The second-order valence-electron chi connectivity index (χ2n) is 6.82. The molecule has 1 heterocycles. The van der Waals surface area contributed by atoms with Crippen LogP contribution in [0.1, 0.15) is 29.0 Å². The van der Waals surface area contributed by atoms with E-state index in [0.717, 1.165) is 21.8 Å². The minimum absolute atomic E-state index is 0.0823. The number of nitrogens with zero attached hydrogens (tertiary/aromatic N) is 1. The standard InChI is InChI=1S/C23H25FN2O2S/c1-3-28-20-12-6-17(7-13-20)15-26(2)16-22(27)25-23(21-5-4-14-29-21)18-8-10-19(24)11-9-18/h4-14,23H,3,15-16H2,1-2H3,(H,25,27)/t23-/m0/s1. The second kappa shape index (κ2) is 10.2. The predicted molar refractivity (Wildman–Crippen MR) is 115 cm³/mol. The summed E-state index contributed by atoms with van der Waals surface area (Å²) >= 11 is 1.56. The summed E-state index contributed by atoms with van der Waals surface area (Å²) in [6.45, 7) is 3.50. The number of thiophene rings is 1. The number of carbonyl (C=O) groups excluding carboxylic acids is 1. The number of halogens is 1. The minimum atomic E-state index is -0.292. The molecule has 0 aliphatic heterocycles. The Labute approximate surface area is 174 Å². The highest BCUT2D eigenvalue weighted by Gasteiger charge is 2.19. The number of nitrogens with one attached hydrogen (secondary N) is 1. The smallest absolute Gasteiger partial charge is 0.234 e. The van der Waals surface area contributed by atoms with Crippen molar-refractivity contribution in [3.8, 4) is 5.75 Å². The Morgan fingerprint density at radius 3 is 2.48 bits per heavy atom. The lowest BCUT2D eigenvalue weighted by Gasteiger charge is -2.21. The fourth-order valence-electron chi connectivity index (χ4n) is 3.11. The molecule has 1 N–H and O–H groups in total. The van der Waals surface area contributed by atoms with Crippen LogP contribution in [-0.2, 0) is 11.3 Å². The quantitative estimate of drug-likeness (QED) is 0.557. The first kappa shape index (κ1) is 21.0. The van der Waals surface area contributed by atoms with E-state index in [-0.39, 0.29) is 24.3 Å². The van der Waals surface area contributed by atoms with E-state index in [4.69, 9.17) is 4.74 Å². The summed E-state index contributed by atoms with van der Waals surface area (Å²) in [5, 5.41) is 5.05. The van der Waals surface area contributed by atoms with Crippen LogP contribution in [0.15, 0.2) is 66.0 Å². The van der Waals surface area contributed by atoms with Gasteiger partial charge in [-0.2, -0.15) is 0 Å². The number of amides is 1. The van der Waals surface area contributed by atoms with E-state index in [1.54, 1.807) is 23.5 Å². The van der Waals surface area contributed by atoms with Crippen LogP contribution < -0.4 is 10.1 Å². The average Bonchev–Trinajstić information content (AvgIpc) is 3.23. The molecule has 0 aliphatic rings. The molecular formula is C23H25FN2O2S. The summed E-state index contributed by atoms with van der Waals surface area (Å²) in [7, 11) is 1.91. The lowest BCUT2D eigenvalue weighted by Crippen LogP contribution is -2.37. The molecule has 0 saturated heterocycles. The molecule has 6 heteroatoms. The second-order valence-corrected chi connectivity index (χ2v) is 7.80. The van der Waals surface area contributed by atoms with Crippen LogP contribution in [0.4, 0.5) is 4.39 Å². The molecule has 3 aromatic rings. The Kier molecular flexibility index (Phi) is 7.38. The normalized spacial score (nSPS) is 12.0. The molecule has 0 saturated carbocycles. The third kappa shape index (κ3) is 6.14. The van der Waals surface area contributed by atoms with Crippen LogP contribution in [0.2, 0.25) is 0 Å². The molecular weight excluding hydrogens is 387 g/mol. The zero-order chi connectivity index (χ0) is 20.6. The first-order chi connectivity index (χ1) is 14.0. The highest BCUT2D eigenvalue weighted by molar-refractivity contribution is 7.10. The van der Waals surface area contributed by atoms with Gasteiger partial charge in [-0.1, -0.05) is 30.3 Å². The van der Waals surface area contributed by atoms with Crippen molar-refractivity contribution in [2.75, 3.05) is 20.2 Å². The molecule has 0 fully saturated rings. The predicted octanol–water partition coefficient (Wildman–Crippen LogP) is 4.62. The number of carbonyl (C=O) groups is 1. The van der Waals surface area contributed by atoms with Gasteiger partial charge in [0.1, 0.15) is 11.6 Å². The van der Waals surface area contributed by atoms with Crippen LogP contribution in [0.5, 0.6) is 5.75 Å². The molecule has 0 spiro atoms. The lowest BCUT2D eigenvalue weighted by atomic mass is 10.1. The largest absolute Gasteiger partial charge is 0.494 e. The molecule has 4 nitrogen and oxygen atoms in total. The van der Waals surface area contributed by atoms with E-state index in [0.29, 0.717) is 13.2 Å². The molecule has 0 bridgehead atoms. The van der Waals surface area contributed by atoms with Crippen molar-refractivity contribution in [1.29, 1.82) is 0 Å². The van der Waals surface area contributed by atoms with Gasteiger partial charge in [0.2, 0.25) is 5.91 Å². The van der Waals surface area contributed by atoms with Crippen LogP contribution in [-0.4, -0.2) is 31.0 Å². The number of likely N-dealkylation sites (N-methyl/N-ethyl adjacent to an activating group) is 1. The molecule has 1 aromatic heterocycles. The van der Waals surface area contributed by atoms with Crippen LogP contribution in [0.3, 0.4) is 0 Å². The van der Waals surface area contributed by atoms with Gasteiger partial charge >= 0.3 is 0 Å². The molecule has 152 valence electrons. The zero-order valence-electron chi connectivity index (χ0n) is 16.6. The topological polar surface area (TPSA) is 41.6 Å². The fraction of sp³-hybridized carbons (Fsp3) is 0.261. The maximum Gasteiger partial charge on any atom is 0.234 e. The molecule has 1 atom stereocenters. The molecule has 1 amide bonds. The Hall–Kier alpha value is -2.70. The van der Waals surface area contributed by atoms with Crippen molar-refractivity contribution in [2.24, 2.45) is 0 Å². The van der Waals surface area contributed by atoms with Crippen LogP contribution in [0, 0.1) is 5.82 Å². The van der Waals surface area contributed by atoms with Crippen molar-refractivity contribution in [1.82, 2.24) is 10.2 Å². The molecule has 0 radical (unpaired) electrons. The maximum absolute atomic E-state index is 13.3. The summed E-state index contributed by atoms with van der Waals surface area (Å²) in [5.74, 6) is 0.469. The number of hydrogen-bond donors (Lipinski definition) is 1. The number of rotatable bonds is 9. The summed E-state index contributed by atoms with van der Waals surface area (Å²) in [5.41, 5.74) is 1.97. The molecule has 2 aromatic carbocycles. The van der Waals surface area contributed by atoms with E-state index in [2.05, 4.69) is 5.32 Å². The van der Waals surface area contributed by atoms with E-state index >= 15 is 0 Å². The zero-order valence-corrected chi connectivity index (χ0v) is 17.4.